The van der Waals surface area contributed by atoms with Gasteiger partial charge in [-0.15, -0.1) is 0 Å². The average molecular weight is 198 g/mol. The first kappa shape index (κ1) is 11.7. The summed E-state index contributed by atoms with van der Waals surface area (Å²) in [6.07, 6.45) is 0. The average Bonchev–Trinajstić information content (AvgIpc) is 2.19. The zero-order valence-corrected chi connectivity index (χ0v) is 9.62. The van der Waals surface area contributed by atoms with E-state index in [4.69, 9.17) is 0 Å². The Labute approximate surface area is 87.1 Å². The highest BCUT2D eigenvalue weighted by atomic mass is 16.1. The van der Waals surface area contributed by atoms with Gasteiger partial charge < -0.3 is 4.90 Å². The third-order valence-corrected chi connectivity index (χ3v) is 2.94. The van der Waals surface area contributed by atoms with Crippen molar-refractivity contribution in [3.8, 4) is 0 Å². The summed E-state index contributed by atoms with van der Waals surface area (Å²) in [5.41, 5.74) is 0. The summed E-state index contributed by atoms with van der Waals surface area (Å²) in [4.78, 5) is 16.2. The molecule has 0 aromatic heterocycles. The first-order valence-electron chi connectivity index (χ1n) is 5.61. The molecular weight excluding hydrogens is 176 g/mol. The largest absolute Gasteiger partial charge is 0.301 e. The second-order valence-corrected chi connectivity index (χ2v) is 4.33. The molecule has 0 aromatic rings. The number of nitrogens with zero attached hydrogens (tertiary/aromatic N) is 2. The molecule has 14 heavy (non-hydrogen) atoms. The maximum absolute atomic E-state index is 11.5. The topological polar surface area (TPSA) is 23.6 Å². The minimum absolute atomic E-state index is 0.180. The Hall–Kier alpha value is -0.410. The van der Waals surface area contributed by atoms with Crippen LogP contribution in [0, 0.1) is 5.92 Å². The second kappa shape index (κ2) is 5.47. The summed E-state index contributed by atoms with van der Waals surface area (Å²) in [5.74, 6) is 0.550. The monoisotopic (exact) mass is 198 g/mol. The summed E-state index contributed by atoms with van der Waals surface area (Å²) in [7, 11) is 0. The lowest BCUT2D eigenvalue weighted by molar-refractivity contribution is -0.123. The van der Waals surface area contributed by atoms with Crippen LogP contribution in [0.25, 0.3) is 0 Å². The Balaban J connectivity index is 2.25. The molecule has 0 aliphatic carbocycles. The molecule has 0 amide bonds. The smallest absolute Gasteiger partial charge is 0.149 e. The lowest BCUT2D eigenvalue weighted by Crippen LogP contribution is -2.48. The molecule has 1 rings (SSSR count). The Morgan fingerprint density at radius 1 is 1.14 bits per heavy atom. The fraction of sp³-hybridized carbons (Fsp3) is 0.909. The minimum atomic E-state index is 0.180. The Bertz CT molecular complexity index is 184. The second-order valence-electron chi connectivity index (χ2n) is 4.33. The predicted octanol–water partition coefficient (Wildman–Crippen LogP) is 0.849. The van der Waals surface area contributed by atoms with Gasteiger partial charge in [-0.3, -0.25) is 9.69 Å². The molecule has 1 aliphatic rings. The van der Waals surface area contributed by atoms with Crippen LogP contribution in [0.1, 0.15) is 20.8 Å². The third-order valence-electron chi connectivity index (χ3n) is 2.94. The summed E-state index contributed by atoms with van der Waals surface area (Å²) >= 11 is 0. The summed E-state index contributed by atoms with van der Waals surface area (Å²) < 4.78 is 0. The Morgan fingerprint density at radius 2 is 1.64 bits per heavy atom. The van der Waals surface area contributed by atoms with Crippen molar-refractivity contribution in [2.24, 2.45) is 5.92 Å². The Kier molecular flexibility index (Phi) is 4.55. The molecule has 1 aliphatic heterocycles. The first-order chi connectivity index (χ1) is 6.63. The fourth-order valence-electron chi connectivity index (χ4n) is 1.67. The van der Waals surface area contributed by atoms with Crippen LogP contribution < -0.4 is 0 Å². The van der Waals surface area contributed by atoms with Gasteiger partial charge >= 0.3 is 0 Å². The minimum Gasteiger partial charge on any atom is -0.301 e. The molecule has 1 fully saturated rings. The molecule has 1 heterocycles. The van der Waals surface area contributed by atoms with Crippen molar-refractivity contribution in [2.45, 2.75) is 20.8 Å². The summed E-state index contributed by atoms with van der Waals surface area (Å²) in [5, 5.41) is 0. The van der Waals surface area contributed by atoms with E-state index < -0.39 is 0 Å². The third kappa shape index (κ3) is 3.39. The maximum Gasteiger partial charge on any atom is 0.149 e. The lowest BCUT2D eigenvalue weighted by Gasteiger charge is -2.33. The van der Waals surface area contributed by atoms with Crippen LogP contribution in [0.15, 0.2) is 0 Å². The molecule has 3 nitrogen and oxygen atoms in total. The highest BCUT2D eigenvalue weighted by Crippen LogP contribution is 2.03. The number of rotatable bonds is 4. The highest BCUT2D eigenvalue weighted by Gasteiger charge is 2.18. The number of Topliss-reactive ketones (excluding diaryl/α,β-unsaturated/α-hetero) is 1. The maximum atomic E-state index is 11.5. The fourth-order valence-corrected chi connectivity index (χ4v) is 1.67. The molecule has 0 spiro atoms. The molecule has 0 radical (unpaired) electrons. The van der Waals surface area contributed by atoms with Crippen molar-refractivity contribution in [1.82, 2.24) is 9.80 Å². The molecule has 3 heteroatoms. The SMILES string of the molecule is CCN1CCN(CC(=O)C(C)C)CC1. The number of likely N-dealkylation sites (N-methyl/N-ethyl adjacent to an activating group) is 1. The number of carbonyl (C=O) groups is 1. The van der Waals surface area contributed by atoms with Crippen molar-refractivity contribution in [3.63, 3.8) is 0 Å². The van der Waals surface area contributed by atoms with Crippen molar-refractivity contribution < 1.29 is 4.79 Å². The van der Waals surface area contributed by atoms with Gasteiger partial charge in [0.05, 0.1) is 6.54 Å². The van der Waals surface area contributed by atoms with Crippen LogP contribution in [-0.2, 0) is 4.79 Å². The van der Waals surface area contributed by atoms with Crippen LogP contribution in [0.4, 0.5) is 0 Å². The molecule has 0 N–H and O–H groups in total. The van der Waals surface area contributed by atoms with Crippen LogP contribution in [0.3, 0.4) is 0 Å². The standard InChI is InChI=1S/C11H22N2O/c1-4-12-5-7-13(8-6-12)9-11(14)10(2)3/h10H,4-9H2,1-3H3. The summed E-state index contributed by atoms with van der Waals surface area (Å²) in [6, 6.07) is 0. The zero-order valence-electron chi connectivity index (χ0n) is 9.62. The molecule has 0 unspecified atom stereocenters. The van der Waals surface area contributed by atoms with E-state index >= 15 is 0 Å². The van der Waals surface area contributed by atoms with E-state index in [1.165, 1.54) is 0 Å². The van der Waals surface area contributed by atoms with Crippen LogP contribution in [-0.4, -0.2) is 54.9 Å². The number of piperazine rings is 1. The van der Waals surface area contributed by atoms with E-state index in [1.807, 2.05) is 13.8 Å². The van der Waals surface area contributed by atoms with Crippen LogP contribution >= 0.6 is 0 Å². The normalized spacial score (nSPS) is 20.3. The van der Waals surface area contributed by atoms with Crippen molar-refractivity contribution in [1.29, 1.82) is 0 Å². The van der Waals surface area contributed by atoms with Gasteiger partial charge in [-0.1, -0.05) is 20.8 Å². The van der Waals surface area contributed by atoms with E-state index in [9.17, 15) is 4.79 Å². The summed E-state index contributed by atoms with van der Waals surface area (Å²) in [6.45, 7) is 12.2. The van der Waals surface area contributed by atoms with E-state index in [0.29, 0.717) is 12.3 Å². The van der Waals surface area contributed by atoms with Gasteiger partial charge in [-0.25, -0.2) is 0 Å². The first-order valence-corrected chi connectivity index (χ1v) is 5.61. The van der Waals surface area contributed by atoms with E-state index in [2.05, 4.69) is 16.7 Å². The predicted molar refractivity (Wildman–Crippen MR) is 58.4 cm³/mol. The molecule has 0 bridgehead atoms. The lowest BCUT2D eigenvalue weighted by atomic mass is 10.1. The number of hydrogen-bond acceptors (Lipinski definition) is 3. The highest BCUT2D eigenvalue weighted by molar-refractivity contribution is 5.82. The Morgan fingerprint density at radius 3 is 2.07 bits per heavy atom. The van der Waals surface area contributed by atoms with Gasteiger partial charge in [-0.2, -0.15) is 0 Å². The zero-order chi connectivity index (χ0) is 10.6. The molecule has 0 aromatic carbocycles. The number of carbonyl (C=O) groups excluding carboxylic acids is 1. The van der Waals surface area contributed by atoms with Crippen LogP contribution in [0.5, 0.6) is 0 Å². The van der Waals surface area contributed by atoms with E-state index in [-0.39, 0.29) is 5.92 Å². The molecule has 82 valence electrons. The number of ketones is 1. The van der Waals surface area contributed by atoms with Gasteiger partial charge in [0, 0.05) is 32.1 Å². The van der Waals surface area contributed by atoms with Crippen molar-refractivity contribution in [2.75, 3.05) is 39.3 Å². The van der Waals surface area contributed by atoms with Gasteiger partial charge in [0.15, 0.2) is 0 Å². The molecule has 1 saturated heterocycles. The quantitative estimate of drug-likeness (QED) is 0.669. The van der Waals surface area contributed by atoms with Crippen molar-refractivity contribution >= 4 is 5.78 Å². The molecule has 0 saturated carbocycles. The van der Waals surface area contributed by atoms with Gasteiger partial charge in [0.2, 0.25) is 0 Å². The van der Waals surface area contributed by atoms with Gasteiger partial charge in [-0.05, 0) is 6.54 Å². The van der Waals surface area contributed by atoms with Crippen LogP contribution in [0.2, 0.25) is 0 Å². The van der Waals surface area contributed by atoms with E-state index in [0.717, 1.165) is 32.7 Å². The number of hydrogen-bond donors (Lipinski definition) is 0. The van der Waals surface area contributed by atoms with Gasteiger partial charge in [0.25, 0.3) is 0 Å². The van der Waals surface area contributed by atoms with Crippen molar-refractivity contribution in [3.05, 3.63) is 0 Å². The molecular formula is C11H22N2O. The van der Waals surface area contributed by atoms with Gasteiger partial charge in [0.1, 0.15) is 5.78 Å². The molecule has 0 atom stereocenters. The van der Waals surface area contributed by atoms with E-state index in [1.54, 1.807) is 0 Å².